The molecule has 5 nitrogen and oxygen atoms in total. The molecule has 1 amide bonds. The number of carbonyl (C=O) groups is 2. The molecule has 1 saturated heterocycles. The van der Waals surface area contributed by atoms with Crippen molar-refractivity contribution in [2.75, 3.05) is 25.5 Å². The lowest BCUT2D eigenvalue weighted by molar-refractivity contribution is -0.148. The SMILES string of the molecule is COC(=O)[C@H]1CCCCN1CC(=O)Nc1ccccc1. The third kappa shape index (κ3) is 3.81. The number of benzene rings is 1. The van der Waals surface area contributed by atoms with Gasteiger partial charge in [-0.05, 0) is 31.5 Å². The van der Waals surface area contributed by atoms with Gasteiger partial charge in [0.25, 0.3) is 0 Å². The first-order valence-corrected chi connectivity index (χ1v) is 6.87. The molecule has 0 bridgehead atoms. The van der Waals surface area contributed by atoms with Crippen molar-refractivity contribution >= 4 is 17.6 Å². The van der Waals surface area contributed by atoms with Gasteiger partial charge < -0.3 is 10.1 Å². The zero-order valence-corrected chi connectivity index (χ0v) is 11.7. The smallest absolute Gasteiger partial charge is 0.323 e. The lowest BCUT2D eigenvalue weighted by Crippen LogP contribution is -2.48. The Morgan fingerprint density at radius 2 is 2.05 bits per heavy atom. The van der Waals surface area contributed by atoms with Gasteiger partial charge >= 0.3 is 5.97 Å². The molecule has 2 rings (SSSR count). The molecule has 0 aliphatic carbocycles. The molecule has 1 atom stereocenters. The molecule has 1 fully saturated rings. The Kier molecular flexibility index (Phi) is 5.12. The molecule has 1 aliphatic rings. The molecule has 1 aromatic carbocycles. The summed E-state index contributed by atoms with van der Waals surface area (Å²) in [4.78, 5) is 25.7. The molecule has 108 valence electrons. The average molecular weight is 276 g/mol. The summed E-state index contributed by atoms with van der Waals surface area (Å²) in [7, 11) is 1.39. The molecule has 1 aromatic rings. The molecule has 0 radical (unpaired) electrons. The van der Waals surface area contributed by atoms with Gasteiger partial charge in [0, 0.05) is 5.69 Å². The molecule has 20 heavy (non-hydrogen) atoms. The van der Waals surface area contributed by atoms with Crippen LogP contribution in [0.4, 0.5) is 5.69 Å². The Bertz CT molecular complexity index is 461. The largest absolute Gasteiger partial charge is 0.468 e. The molecular weight excluding hydrogens is 256 g/mol. The molecule has 5 heteroatoms. The van der Waals surface area contributed by atoms with Gasteiger partial charge in [0.1, 0.15) is 6.04 Å². The van der Waals surface area contributed by atoms with Crippen LogP contribution in [0.2, 0.25) is 0 Å². The normalized spacial score (nSPS) is 19.4. The van der Waals surface area contributed by atoms with Gasteiger partial charge in [0.2, 0.25) is 5.91 Å². The molecular formula is C15H20N2O3. The van der Waals surface area contributed by atoms with Crippen molar-refractivity contribution in [2.45, 2.75) is 25.3 Å². The van der Waals surface area contributed by atoms with E-state index < -0.39 is 0 Å². The second-order valence-corrected chi connectivity index (χ2v) is 4.92. The summed E-state index contributed by atoms with van der Waals surface area (Å²) in [6, 6.07) is 9.02. The summed E-state index contributed by atoms with van der Waals surface area (Å²) in [6.45, 7) is 0.969. The van der Waals surface area contributed by atoms with E-state index in [1.807, 2.05) is 35.2 Å². The highest BCUT2D eigenvalue weighted by molar-refractivity contribution is 5.92. The van der Waals surface area contributed by atoms with Crippen LogP contribution < -0.4 is 5.32 Å². The number of esters is 1. The highest BCUT2D eigenvalue weighted by Crippen LogP contribution is 2.18. The molecule has 1 aliphatic heterocycles. The van der Waals surface area contributed by atoms with Crippen molar-refractivity contribution in [3.8, 4) is 0 Å². The minimum atomic E-state index is -0.296. The summed E-state index contributed by atoms with van der Waals surface area (Å²) >= 11 is 0. The number of piperidine rings is 1. The number of carbonyl (C=O) groups excluding carboxylic acids is 2. The Morgan fingerprint density at radius 1 is 1.30 bits per heavy atom. The predicted octanol–water partition coefficient (Wildman–Crippen LogP) is 1.65. The minimum Gasteiger partial charge on any atom is -0.468 e. The number of amides is 1. The van der Waals surface area contributed by atoms with Crippen LogP contribution in [0, 0.1) is 0 Å². The topological polar surface area (TPSA) is 58.6 Å². The van der Waals surface area contributed by atoms with E-state index in [9.17, 15) is 9.59 Å². The van der Waals surface area contributed by atoms with E-state index in [1.165, 1.54) is 7.11 Å². The molecule has 0 saturated carbocycles. The fourth-order valence-corrected chi connectivity index (χ4v) is 2.49. The van der Waals surface area contributed by atoms with Crippen LogP contribution >= 0.6 is 0 Å². The van der Waals surface area contributed by atoms with Crippen molar-refractivity contribution in [3.63, 3.8) is 0 Å². The second kappa shape index (κ2) is 7.05. The summed E-state index contributed by atoms with van der Waals surface area (Å²) in [6.07, 6.45) is 2.76. The lowest BCUT2D eigenvalue weighted by Gasteiger charge is -2.32. The van der Waals surface area contributed by atoms with Crippen LogP contribution in [-0.2, 0) is 14.3 Å². The number of hydrogen-bond acceptors (Lipinski definition) is 4. The number of ether oxygens (including phenoxy) is 1. The zero-order chi connectivity index (χ0) is 14.4. The van der Waals surface area contributed by atoms with Gasteiger partial charge in [-0.3, -0.25) is 14.5 Å². The first-order chi connectivity index (χ1) is 9.70. The van der Waals surface area contributed by atoms with Crippen molar-refractivity contribution in [2.24, 2.45) is 0 Å². The fraction of sp³-hybridized carbons (Fsp3) is 0.467. The standard InChI is InChI=1S/C15H20N2O3/c1-20-15(19)13-9-5-6-10-17(13)11-14(18)16-12-7-3-2-4-8-12/h2-4,7-8,13H,5-6,9-11H2,1H3,(H,16,18)/t13-/m1/s1. The maximum atomic E-state index is 12.0. The van der Waals surface area contributed by atoms with E-state index >= 15 is 0 Å². The van der Waals surface area contributed by atoms with Crippen molar-refractivity contribution in [1.29, 1.82) is 0 Å². The maximum absolute atomic E-state index is 12.0. The van der Waals surface area contributed by atoms with E-state index in [1.54, 1.807) is 0 Å². The van der Waals surface area contributed by atoms with Crippen LogP contribution in [0.3, 0.4) is 0 Å². The highest BCUT2D eigenvalue weighted by Gasteiger charge is 2.30. The quantitative estimate of drug-likeness (QED) is 0.850. The number of likely N-dealkylation sites (tertiary alicyclic amines) is 1. The van der Waals surface area contributed by atoms with Gasteiger partial charge in [-0.1, -0.05) is 24.6 Å². The number of methoxy groups -OCH3 is 1. The van der Waals surface area contributed by atoms with E-state index in [-0.39, 0.29) is 24.5 Å². The summed E-state index contributed by atoms with van der Waals surface area (Å²) < 4.78 is 4.81. The van der Waals surface area contributed by atoms with Gasteiger partial charge in [-0.15, -0.1) is 0 Å². The molecule has 1 heterocycles. The Balaban J connectivity index is 1.93. The number of rotatable bonds is 4. The van der Waals surface area contributed by atoms with Crippen LogP contribution in [0.25, 0.3) is 0 Å². The predicted molar refractivity (Wildman–Crippen MR) is 76.3 cm³/mol. The van der Waals surface area contributed by atoms with Gasteiger partial charge in [0.05, 0.1) is 13.7 Å². The molecule has 1 N–H and O–H groups in total. The first kappa shape index (κ1) is 14.5. The Labute approximate surface area is 118 Å². The summed E-state index contributed by atoms with van der Waals surface area (Å²) in [5.74, 6) is -0.357. The maximum Gasteiger partial charge on any atom is 0.323 e. The van der Waals surface area contributed by atoms with E-state index in [2.05, 4.69) is 5.32 Å². The van der Waals surface area contributed by atoms with Gasteiger partial charge in [-0.25, -0.2) is 0 Å². The second-order valence-electron chi connectivity index (χ2n) is 4.92. The van der Waals surface area contributed by atoms with Gasteiger partial charge in [-0.2, -0.15) is 0 Å². The number of hydrogen-bond donors (Lipinski definition) is 1. The van der Waals surface area contributed by atoms with Crippen molar-refractivity contribution < 1.29 is 14.3 Å². The monoisotopic (exact) mass is 276 g/mol. The number of anilines is 1. The van der Waals surface area contributed by atoms with E-state index in [4.69, 9.17) is 4.74 Å². The first-order valence-electron chi connectivity index (χ1n) is 6.87. The minimum absolute atomic E-state index is 0.105. The zero-order valence-electron chi connectivity index (χ0n) is 11.7. The molecule has 0 spiro atoms. The van der Waals surface area contributed by atoms with Crippen LogP contribution in [-0.4, -0.2) is 43.0 Å². The van der Waals surface area contributed by atoms with Crippen LogP contribution in [0.1, 0.15) is 19.3 Å². The number of para-hydroxylation sites is 1. The summed E-state index contributed by atoms with van der Waals surface area (Å²) in [5.41, 5.74) is 0.768. The lowest BCUT2D eigenvalue weighted by atomic mass is 10.0. The highest BCUT2D eigenvalue weighted by atomic mass is 16.5. The van der Waals surface area contributed by atoms with Crippen molar-refractivity contribution in [1.82, 2.24) is 4.90 Å². The number of nitrogens with one attached hydrogen (secondary N) is 1. The fourth-order valence-electron chi connectivity index (χ4n) is 2.49. The third-order valence-electron chi connectivity index (χ3n) is 3.49. The van der Waals surface area contributed by atoms with E-state index in [0.29, 0.717) is 0 Å². The number of nitrogens with zero attached hydrogens (tertiary/aromatic N) is 1. The van der Waals surface area contributed by atoms with Crippen LogP contribution in [0.15, 0.2) is 30.3 Å². The van der Waals surface area contributed by atoms with Crippen LogP contribution in [0.5, 0.6) is 0 Å². The average Bonchev–Trinajstić information content (AvgIpc) is 2.48. The summed E-state index contributed by atoms with van der Waals surface area (Å²) in [5, 5.41) is 2.83. The third-order valence-corrected chi connectivity index (χ3v) is 3.49. The Morgan fingerprint density at radius 3 is 2.75 bits per heavy atom. The Hall–Kier alpha value is -1.88. The van der Waals surface area contributed by atoms with Gasteiger partial charge in [0.15, 0.2) is 0 Å². The van der Waals surface area contributed by atoms with E-state index in [0.717, 1.165) is 31.5 Å². The van der Waals surface area contributed by atoms with Crippen molar-refractivity contribution in [3.05, 3.63) is 30.3 Å². The molecule has 0 aromatic heterocycles. The molecule has 0 unspecified atom stereocenters.